The number of ether oxygens (including phenoxy) is 2. The van der Waals surface area contributed by atoms with Crippen LogP contribution in [0.25, 0.3) is 0 Å². The zero-order chi connectivity index (χ0) is 22.4. The van der Waals surface area contributed by atoms with Crippen LogP contribution in [0.5, 0.6) is 11.5 Å². The van der Waals surface area contributed by atoms with Gasteiger partial charge in [-0.2, -0.15) is 0 Å². The fourth-order valence-corrected chi connectivity index (χ4v) is 3.74. The van der Waals surface area contributed by atoms with Crippen molar-refractivity contribution in [2.75, 3.05) is 27.3 Å². The third-order valence-electron chi connectivity index (χ3n) is 5.47. The molecule has 2 aromatic rings. The first kappa shape index (κ1) is 22.6. The Hall–Kier alpha value is -3.13. The number of carbonyl (C=O) groups is 2. The number of hydrogen-bond donors (Lipinski definition) is 2. The summed E-state index contributed by atoms with van der Waals surface area (Å²) < 4.78 is 24.3. The van der Waals surface area contributed by atoms with Crippen LogP contribution in [-0.4, -0.2) is 50.1 Å². The van der Waals surface area contributed by atoms with Crippen LogP contribution in [0.3, 0.4) is 0 Å². The van der Waals surface area contributed by atoms with Crippen molar-refractivity contribution >= 4 is 11.8 Å². The molecule has 1 aliphatic rings. The number of amides is 2. The molecule has 166 valence electrons. The van der Waals surface area contributed by atoms with Gasteiger partial charge in [0.15, 0.2) is 11.5 Å². The highest BCUT2D eigenvalue weighted by molar-refractivity contribution is 5.88. The molecule has 3 rings (SSSR count). The van der Waals surface area contributed by atoms with Crippen molar-refractivity contribution in [2.45, 2.75) is 32.5 Å². The Balaban J connectivity index is 1.69. The van der Waals surface area contributed by atoms with Gasteiger partial charge in [0.1, 0.15) is 5.82 Å². The summed E-state index contributed by atoms with van der Waals surface area (Å²) in [7, 11) is 3.15. The van der Waals surface area contributed by atoms with Crippen LogP contribution < -0.4 is 20.1 Å². The molecular weight excluding hydrogens is 401 g/mol. The maximum atomic E-state index is 13.5. The lowest BCUT2D eigenvalue weighted by Crippen LogP contribution is -2.56. The normalized spacial score (nSPS) is 16.5. The van der Waals surface area contributed by atoms with E-state index in [0.717, 1.165) is 11.1 Å². The molecule has 0 aromatic heterocycles. The summed E-state index contributed by atoms with van der Waals surface area (Å²) in [6.07, 6.45) is 0.00643. The minimum absolute atomic E-state index is 0.00643. The predicted molar refractivity (Wildman–Crippen MR) is 114 cm³/mol. The van der Waals surface area contributed by atoms with E-state index < -0.39 is 6.04 Å². The number of nitrogens with zero attached hydrogens (tertiary/aromatic N) is 1. The number of rotatable bonds is 8. The van der Waals surface area contributed by atoms with Gasteiger partial charge < -0.3 is 20.1 Å². The average Bonchev–Trinajstić information content (AvgIpc) is 2.76. The molecule has 0 spiro atoms. The molecule has 7 nitrogen and oxygen atoms in total. The molecule has 0 radical (unpaired) electrons. The number of hydrogen-bond acceptors (Lipinski definition) is 5. The molecule has 0 bridgehead atoms. The number of carbonyl (C=O) groups excluding carboxylic acids is 2. The van der Waals surface area contributed by atoms with Gasteiger partial charge in [-0.1, -0.05) is 18.2 Å². The molecule has 31 heavy (non-hydrogen) atoms. The molecule has 0 aliphatic carbocycles. The molecule has 1 heterocycles. The van der Waals surface area contributed by atoms with E-state index in [1.165, 1.54) is 12.1 Å². The summed E-state index contributed by atoms with van der Waals surface area (Å²) in [5.74, 6) is 0.417. The summed E-state index contributed by atoms with van der Waals surface area (Å²) >= 11 is 0. The van der Waals surface area contributed by atoms with Gasteiger partial charge in [0.05, 0.1) is 26.7 Å². The largest absolute Gasteiger partial charge is 0.493 e. The van der Waals surface area contributed by atoms with Gasteiger partial charge in [-0.25, -0.2) is 4.39 Å². The molecule has 1 unspecified atom stereocenters. The van der Waals surface area contributed by atoms with Gasteiger partial charge in [0.2, 0.25) is 11.8 Å². The zero-order valence-electron chi connectivity index (χ0n) is 18.0. The van der Waals surface area contributed by atoms with Crippen molar-refractivity contribution in [3.63, 3.8) is 0 Å². The lowest BCUT2D eigenvalue weighted by atomic mass is 10.1. The first-order valence-electron chi connectivity index (χ1n) is 10.2. The summed E-state index contributed by atoms with van der Waals surface area (Å²) in [5, 5.41) is 5.63. The van der Waals surface area contributed by atoms with Crippen molar-refractivity contribution in [1.29, 1.82) is 0 Å². The predicted octanol–water partition coefficient (Wildman–Crippen LogP) is 2.16. The van der Waals surface area contributed by atoms with E-state index in [9.17, 15) is 14.0 Å². The van der Waals surface area contributed by atoms with Crippen LogP contribution in [0, 0.1) is 12.7 Å². The molecule has 2 N–H and O–H groups in total. The summed E-state index contributed by atoms with van der Waals surface area (Å²) in [6.45, 7) is 3.62. The molecule has 8 heteroatoms. The minimum atomic E-state index is -0.613. The molecular formula is C23H28FN3O4. The molecule has 2 aromatic carbocycles. The van der Waals surface area contributed by atoms with Crippen molar-refractivity contribution in [1.82, 2.24) is 15.5 Å². The summed E-state index contributed by atoms with van der Waals surface area (Å²) in [4.78, 5) is 27.1. The Morgan fingerprint density at radius 2 is 2.03 bits per heavy atom. The van der Waals surface area contributed by atoms with Crippen LogP contribution in [0.2, 0.25) is 0 Å². The second kappa shape index (κ2) is 10.3. The smallest absolute Gasteiger partial charge is 0.237 e. The SMILES string of the molecule is COc1cccc(CN2CCNC(=O)C2CC(=O)NCc2cc(F)ccc2C)c1OC. The first-order chi connectivity index (χ1) is 14.9. The van der Waals surface area contributed by atoms with Gasteiger partial charge in [-0.3, -0.25) is 14.5 Å². The van der Waals surface area contributed by atoms with E-state index in [2.05, 4.69) is 10.6 Å². The number of piperazine rings is 1. The second-order valence-corrected chi connectivity index (χ2v) is 7.48. The number of nitrogens with one attached hydrogen (secondary N) is 2. The highest BCUT2D eigenvalue weighted by Gasteiger charge is 2.32. The van der Waals surface area contributed by atoms with Crippen molar-refractivity contribution in [2.24, 2.45) is 0 Å². The molecule has 1 saturated heterocycles. The van der Waals surface area contributed by atoms with Crippen molar-refractivity contribution in [3.05, 3.63) is 58.9 Å². The van der Waals surface area contributed by atoms with Gasteiger partial charge in [-0.05, 0) is 36.2 Å². The maximum Gasteiger partial charge on any atom is 0.237 e. The topological polar surface area (TPSA) is 79.9 Å². The van der Waals surface area contributed by atoms with Gasteiger partial charge in [0.25, 0.3) is 0 Å². The van der Waals surface area contributed by atoms with Crippen molar-refractivity contribution < 1.29 is 23.5 Å². The Labute approximate surface area is 181 Å². The van der Waals surface area contributed by atoms with Crippen LogP contribution in [0.4, 0.5) is 4.39 Å². The van der Waals surface area contributed by atoms with Crippen LogP contribution in [0.15, 0.2) is 36.4 Å². The van der Waals surface area contributed by atoms with E-state index in [-0.39, 0.29) is 30.6 Å². The highest BCUT2D eigenvalue weighted by Crippen LogP contribution is 2.32. The second-order valence-electron chi connectivity index (χ2n) is 7.48. The third-order valence-corrected chi connectivity index (χ3v) is 5.47. The molecule has 1 fully saturated rings. The monoisotopic (exact) mass is 429 g/mol. The van der Waals surface area contributed by atoms with Gasteiger partial charge in [-0.15, -0.1) is 0 Å². The van der Waals surface area contributed by atoms with Gasteiger partial charge >= 0.3 is 0 Å². The lowest BCUT2D eigenvalue weighted by Gasteiger charge is -2.35. The van der Waals surface area contributed by atoms with Gasteiger partial charge in [0, 0.05) is 31.7 Å². The first-order valence-corrected chi connectivity index (χ1v) is 10.2. The average molecular weight is 429 g/mol. The third kappa shape index (κ3) is 5.52. The highest BCUT2D eigenvalue weighted by atomic mass is 19.1. The van der Waals surface area contributed by atoms with E-state index >= 15 is 0 Å². The molecule has 2 amide bonds. The van der Waals surface area contributed by atoms with E-state index in [1.54, 1.807) is 20.3 Å². The summed E-state index contributed by atoms with van der Waals surface area (Å²) in [6, 6.07) is 9.45. The van der Waals surface area contributed by atoms with E-state index in [0.29, 0.717) is 36.7 Å². The van der Waals surface area contributed by atoms with Crippen LogP contribution in [-0.2, 0) is 22.7 Å². The Morgan fingerprint density at radius 1 is 1.23 bits per heavy atom. The Morgan fingerprint density at radius 3 is 2.77 bits per heavy atom. The standard InChI is InChI=1S/C23H28FN3O4/c1-15-7-8-18(24)11-17(15)13-26-21(28)12-19-23(29)25-9-10-27(19)14-16-5-4-6-20(30-2)22(16)31-3/h4-8,11,19H,9-10,12-14H2,1-3H3,(H,25,29)(H,26,28). The number of benzene rings is 2. The van der Waals surface area contributed by atoms with Crippen molar-refractivity contribution in [3.8, 4) is 11.5 Å². The van der Waals surface area contributed by atoms with E-state index in [4.69, 9.17) is 9.47 Å². The van der Waals surface area contributed by atoms with Crippen LogP contribution in [0.1, 0.15) is 23.1 Å². The number of aryl methyl sites for hydroxylation is 1. The Kier molecular flexibility index (Phi) is 7.46. The molecule has 1 aliphatic heterocycles. The molecule has 0 saturated carbocycles. The van der Waals surface area contributed by atoms with E-state index in [1.807, 2.05) is 30.0 Å². The number of methoxy groups -OCH3 is 2. The summed E-state index contributed by atoms with van der Waals surface area (Å²) in [5.41, 5.74) is 2.47. The number of halogens is 1. The zero-order valence-corrected chi connectivity index (χ0v) is 18.0. The maximum absolute atomic E-state index is 13.5. The van der Waals surface area contributed by atoms with Crippen LogP contribution >= 0.6 is 0 Å². The molecule has 1 atom stereocenters. The minimum Gasteiger partial charge on any atom is -0.493 e. The quantitative estimate of drug-likeness (QED) is 0.672. The fraction of sp³-hybridized carbons (Fsp3) is 0.391. The fourth-order valence-electron chi connectivity index (χ4n) is 3.74. The Bertz CT molecular complexity index is 950. The lowest BCUT2D eigenvalue weighted by molar-refractivity contribution is -0.134. The number of para-hydroxylation sites is 1.